The van der Waals surface area contributed by atoms with Crippen molar-refractivity contribution < 1.29 is 17.2 Å². The van der Waals surface area contributed by atoms with E-state index in [0.29, 0.717) is 23.9 Å². The first-order valence-corrected chi connectivity index (χ1v) is 8.27. The lowest BCUT2D eigenvalue weighted by atomic mass is 9.81. The molecular weight excluding hydrogens is 318 g/mol. The first-order valence-electron chi connectivity index (χ1n) is 6.42. The number of piperidine rings is 1. The third kappa shape index (κ3) is 3.07. The summed E-state index contributed by atoms with van der Waals surface area (Å²) in [5.41, 5.74) is 5.31. The molecule has 2 N–H and O–H groups in total. The Balaban J connectivity index is 2.22. The normalized spacial score (nSPS) is 19.4. The summed E-state index contributed by atoms with van der Waals surface area (Å²) in [5.74, 6) is -2.25. The Hall–Kier alpha value is -1.12. The highest BCUT2D eigenvalue weighted by Crippen LogP contribution is 2.33. The fourth-order valence-electron chi connectivity index (χ4n) is 2.25. The molecule has 116 valence electrons. The molecule has 1 fully saturated rings. The summed E-state index contributed by atoms with van der Waals surface area (Å²) in [6.45, 7) is 2.39. The third-order valence-corrected chi connectivity index (χ3v) is 6.34. The molecule has 0 spiro atoms. The van der Waals surface area contributed by atoms with Gasteiger partial charge in [-0.1, -0.05) is 19.1 Å². The van der Waals surface area contributed by atoms with Gasteiger partial charge < -0.3 is 5.73 Å². The summed E-state index contributed by atoms with van der Waals surface area (Å²) in [6.07, 6.45) is 1.01. The SMILES string of the molecule is CC1(C(N)=S)CCN(S(=O)(=O)c2ccc(F)c(F)c2)CC1. The molecule has 0 atom stereocenters. The van der Waals surface area contributed by atoms with Crippen LogP contribution in [0.2, 0.25) is 0 Å². The highest BCUT2D eigenvalue weighted by molar-refractivity contribution is 7.89. The van der Waals surface area contributed by atoms with Gasteiger partial charge in [0.05, 0.1) is 9.88 Å². The van der Waals surface area contributed by atoms with Crippen LogP contribution in [0, 0.1) is 17.0 Å². The molecule has 8 heteroatoms. The predicted molar refractivity (Wildman–Crippen MR) is 79.2 cm³/mol. The molecule has 0 amide bonds. The van der Waals surface area contributed by atoms with Gasteiger partial charge in [-0.25, -0.2) is 17.2 Å². The van der Waals surface area contributed by atoms with Crippen LogP contribution in [-0.4, -0.2) is 30.8 Å². The van der Waals surface area contributed by atoms with Gasteiger partial charge in [0.2, 0.25) is 10.0 Å². The molecule has 1 aliphatic heterocycles. The van der Waals surface area contributed by atoms with E-state index in [2.05, 4.69) is 0 Å². The number of rotatable bonds is 3. The van der Waals surface area contributed by atoms with Gasteiger partial charge in [-0.15, -0.1) is 0 Å². The highest BCUT2D eigenvalue weighted by Gasteiger charge is 2.37. The van der Waals surface area contributed by atoms with Crippen molar-refractivity contribution in [2.75, 3.05) is 13.1 Å². The van der Waals surface area contributed by atoms with Gasteiger partial charge in [-0.3, -0.25) is 0 Å². The molecule has 1 heterocycles. The van der Waals surface area contributed by atoms with Crippen molar-refractivity contribution in [1.82, 2.24) is 4.31 Å². The van der Waals surface area contributed by atoms with Gasteiger partial charge in [0.25, 0.3) is 0 Å². The van der Waals surface area contributed by atoms with Crippen molar-refractivity contribution in [2.45, 2.75) is 24.7 Å². The molecule has 1 aromatic rings. The van der Waals surface area contributed by atoms with E-state index in [4.69, 9.17) is 18.0 Å². The lowest BCUT2D eigenvalue weighted by Gasteiger charge is -2.37. The maximum absolute atomic E-state index is 13.2. The largest absolute Gasteiger partial charge is 0.393 e. The van der Waals surface area contributed by atoms with Crippen molar-refractivity contribution in [2.24, 2.45) is 11.1 Å². The number of thiocarbonyl (C=S) groups is 1. The smallest absolute Gasteiger partial charge is 0.243 e. The van der Waals surface area contributed by atoms with Gasteiger partial charge in [-0.2, -0.15) is 4.31 Å². The van der Waals surface area contributed by atoms with E-state index in [1.807, 2.05) is 6.92 Å². The lowest BCUT2D eigenvalue weighted by Crippen LogP contribution is -2.46. The number of nitrogens with zero attached hydrogens (tertiary/aromatic N) is 1. The number of nitrogens with two attached hydrogens (primary N) is 1. The van der Waals surface area contributed by atoms with E-state index in [1.54, 1.807) is 0 Å². The van der Waals surface area contributed by atoms with Crippen LogP contribution in [0.1, 0.15) is 19.8 Å². The summed E-state index contributed by atoms with van der Waals surface area (Å²) in [5, 5.41) is 0. The highest BCUT2D eigenvalue weighted by atomic mass is 32.2. The van der Waals surface area contributed by atoms with Crippen LogP contribution in [0.3, 0.4) is 0 Å². The lowest BCUT2D eigenvalue weighted by molar-refractivity contribution is 0.244. The number of hydrogen-bond donors (Lipinski definition) is 1. The Morgan fingerprint density at radius 2 is 1.86 bits per heavy atom. The zero-order valence-electron chi connectivity index (χ0n) is 11.5. The molecule has 1 saturated heterocycles. The van der Waals surface area contributed by atoms with Crippen molar-refractivity contribution in [1.29, 1.82) is 0 Å². The van der Waals surface area contributed by atoms with Crippen LogP contribution in [0.25, 0.3) is 0 Å². The summed E-state index contributed by atoms with van der Waals surface area (Å²) < 4.78 is 52.2. The molecule has 1 aromatic carbocycles. The predicted octanol–water partition coefficient (Wildman–Crippen LogP) is 2.04. The molecule has 4 nitrogen and oxygen atoms in total. The summed E-state index contributed by atoms with van der Waals surface area (Å²) in [7, 11) is -3.83. The second-order valence-electron chi connectivity index (χ2n) is 5.40. The minimum Gasteiger partial charge on any atom is -0.393 e. The van der Waals surface area contributed by atoms with Crippen LogP contribution in [0.5, 0.6) is 0 Å². The Labute approximate surface area is 128 Å². The van der Waals surface area contributed by atoms with Crippen molar-refractivity contribution in [3.8, 4) is 0 Å². The van der Waals surface area contributed by atoms with E-state index < -0.39 is 21.7 Å². The minimum atomic E-state index is -3.83. The molecular formula is C13H16F2N2O2S2. The number of halogens is 2. The third-order valence-electron chi connectivity index (χ3n) is 3.95. The molecule has 1 aliphatic rings. The molecule has 0 aromatic heterocycles. The number of hydrogen-bond acceptors (Lipinski definition) is 3. The average Bonchev–Trinajstić information content (AvgIpc) is 2.42. The van der Waals surface area contributed by atoms with Crippen molar-refractivity contribution in [3.63, 3.8) is 0 Å². The van der Waals surface area contributed by atoms with E-state index in [0.717, 1.165) is 12.1 Å². The van der Waals surface area contributed by atoms with Crippen LogP contribution in [0.4, 0.5) is 8.78 Å². The maximum Gasteiger partial charge on any atom is 0.243 e. The van der Waals surface area contributed by atoms with Gasteiger partial charge in [0.15, 0.2) is 11.6 Å². The molecule has 0 bridgehead atoms. The maximum atomic E-state index is 13.2. The molecule has 2 rings (SSSR count). The quantitative estimate of drug-likeness (QED) is 0.859. The summed E-state index contributed by atoms with van der Waals surface area (Å²) >= 11 is 5.00. The fraction of sp³-hybridized carbons (Fsp3) is 0.462. The van der Waals surface area contributed by atoms with Crippen molar-refractivity contribution >= 4 is 27.2 Å². The van der Waals surface area contributed by atoms with Crippen LogP contribution in [0.15, 0.2) is 23.1 Å². The zero-order valence-corrected chi connectivity index (χ0v) is 13.1. The minimum absolute atomic E-state index is 0.245. The van der Waals surface area contributed by atoms with Gasteiger partial charge in [0.1, 0.15) is 0 Å². The van der Waals surface area contributed by atoms with E-state index in [-0.39, 0.29) is 23.4 Å². The first kappa shape index (κ1) is 16.3. The molecule has 21 heavy (non-hydrogen) atoms. The number of sulfonamides is 1. The fourth-order valence-corrected chi connectivity index (χ4v) is 3.91. The summed E-state index contributed by atoms with van der Waals surface area (Å²) in [4.78, 5) is 0.118. The Kier molecular flexibility index (Phi) is 4.32. The second kappa shape index (κ2) is 5.58. The molecule has 0 unspecified atom stereocenters. The van der Waals surface area contributed by atoms with E-state index in [9.17, 15) is 17.2 Å². The Morgan fingerprint density at radius 3 is 2.33 bits per heavy atom. The van der Waals surface area contributed by atoms with Crippen LogP contribution in [-0.2, 0) is 10.0 Å². The zero-order chi connectivity index (χ0) is 15.8. The van der Waals surface area contributed by atoms with E-state index >= 15 is 0 Å². The van der Waals surface area contributed by atoms with Crippen LogP contribution < -0.4 is 5.73 Å². The molecule has 0 radical (unpaired) electrons. The van der Waals surface area contributed by atoms with Crippen molar-refractivity contribution in [3.05, 3.63) is 29.8 Å². The number of benzene rings is 1. The van der Waals surface area contributed by atoms with Gasteiger partial charge >= 0.3 is 0 Å². The van der Waals surface area contributed by atoms with E-state index in [1.165, 1.54) is 4.31 Å². The Bertz CT molecular complexity index is 669. The Morgan fingerprint density at radius 1 is 1.29 bits per heavy atom. The second-order valence-corrected chi connectivity index (χ2v) is 7.78. The standard InChI is InChI=1S/C13H16F2N2O2S2/c1-13(12(16)20)4-6-17(7-5-13)21(18,19)9-2-3-10(14)11(15)8-9/h2-3,8H,4-7H2,1H3,(H2,16,20). The van der Waals surface area contributed by atoms with Gasteiger partial charge in [-0.05, 0) is 31.0 Å². The summed E-state index contributed by atoms with van der Waals surface area (Å²) in [6, 6.07) is 2.58. The monoisotopic (exact) mass is 334 g/mol. The topological polar surface area (TPSA) is 63.4 Å². The van der Waals surface area contributed by atoms with Crippen LogP contribution >= 0.6 is 12.2 Å². The first-order chi connectivity index (χ1) is 9.67. The van der Waals surface area contributed by atoms with Gasteiger partial charge in [0, 0.05) is 18.5 Å². The molecule has 0 aliphatic carbocycles. The molecule has 0 saturated carbocycles. The average molecular weight is 334 g/mol.